The van der Waals surface area contributed by atoms with E-state index in [0.29, 0.717) is 12.1 Å². The van der Waals surface area contributed by atoms with Gasteiger partial charge in [0.1, 0.15) is 5.60 Å². The fraction of sp³-hybridized carbons (Fsp3) is 0.394. The third-order valence-corrected chi connectivity index (χ3v) is 12.9. The summed E-state index contributed by atoms with van der Waals surface area (Å²) in [5, 5.41) is 4.90. The monoisotopic (exact) mass is 572 g/mol. The lowest BCUT2D eigenvalue weighted by Gasteiger charge is -2.44. The Kier molecular flexibility index (Phi) is 7.51. The quantitative estimate of drug-likeness (QED) is 0.378. The summed E-state index contributed by atoms with van der Waals surface area (Å²) in [6, 6.07) is 28.1. The molecular formula is C33H40N2O5Si. The molecule has 0 unspecified atom stereocenters. The van der Waals surface area contributed by atoms with E-state index < -0.39 is 31.7 Å². The predicted molar refractivity (Wildman–Crippen MR) is 163 cm³/mol. The van der Waals surface area contributed by atoms with E-state index in [-0.39, 0.29) is 24.2 Å². The Balaban J connectivity index is 1.57. The Bertz CT molecular complexity index is 1360. The number of benzene rings is 3. The highest BCUT2D eigenvalue weighted by atomic mass is 28.4. The fourth-order valence-electron chi connectivity index (χ4n) is 6.25. The minimum absolute atomic E-state index is 0.182. The molecule has 1 spiro atoms. The summed E-state index contributed by atoms with van der Waals surface area (Å²) in [7, 11) is -2.87. The van der Waals surface area contributed by atoms with Crippen LogP contribution in [0.25, 0.3) is 0 Å². The molecule has 5 rings (SSSR count). The van der Waals surface area contributed by atoms with Gasteiger partial charge in [-0.25, -0.2) is 9.59 Å². The number of anilines is 1. The number of nitrogens with one attached hydrogen (secondary N) is 1. The largest absolute Gasteiger partial charge is 0.444 e. The second-order valence-corrected chi connectivity index (χ2v) is 17.3. The molecule has 2 heterocycles. The molecule has 0 bridgehead atoms. The van der Waals surface area contributed by atoms with Gasteiger partial charge in [0.2, 0.25) is 0 Å². The Morgan fingerprint density at radius 3 is 2.05 bits per heavy atom. The van der Waals surface area contributed by atoms with E-state index >= 15 is 0 Å². The van der Waals surface area contributed by atoms with Crippen LogP contribution in [0.3, 0.4) is 0 Å². The van der Waals surface area contributed by atoms with Crippen LogP contribution in [0.5, 0.6) is 0 Å². The molecule has 41 heavy (non-hydrogen) atoms. The first kappa shape index (κ1) is 28.9. The van der Waals surface area contributed by atoms with E-state index in [0.717, 1.165) is 15.9 Å². The normalized spacial score (nSPS) is 20.8. The highest BCUT2D eigenvalue weighted by molar-refractivity contribution is 6.99. The van der Waals surface area contributed by atoms with Gasteiger partial charge in [-0.15, -0.1) is 0 Å². The summed E-state index contributed by atoms with van der Waals surface area (Å²) in [5.74, 6) is 0. The number of ether oxygens (including phenoxy) is 2. The van der Waals surface area contributed by atoms with Crippen molar-refractivity contribution in [3.8, 4) is 0 Å². The average molecular weight is 573 g/mol. The number of nitrogens with zero attached hydrogens (tertiary/aromatic N) is 1. The van der Waals surface area contributed by atoms with E-state index in [9.17, 15) is 9.59 Å². The van der Waals surface area contributed by atoms with Gasteiger partial charge < -0.3 is 13.9 Å². The summed E-state index contributed by atoms with van der Waals surface area (Å²) in [6.07, 6.45) is -0.576. The van der Waals surface area contributed by atoms with Gasteiger partial charge in [0, 0.05) is 12.0 Å². The van der Waals surface area contributed by atoms with E-state index in [4.69, 9.17) is 13.9 Å². The minimum Gasteiger partial charge on any atom is -0.444 e. The summed E-state index contributed by atoms with van der Waals surface area (Å²) in [5.41, 5.74) is -0.142. The maximum absolute atomic E-state index is 13.7. The molecule has 2 aliphatic heterocycles. The predicted octanol–water partition coefficient (Wildman–Crippen LogP) is 6.03. The number of rotatable bonds is 5. The summed E-state index contributed by atoms with van der Waals surface area (Å²) in [4.78, 5) is 28.1. The second kappa shape index (κ2) is 10.7. The van der Waals surface area contributed by atoms with Crippen molar-refractivity contribution in [2.75, 3.05) is 18.5 Å². The molecule has 0 saturated carbocycles. The standard InChI is InChI=1S/C33H40N2O5Si/c1-31(2,3)40-30(37)35-23-33(27-19-13-14-20-28(27)34-29(36)39-33)21-24(35)22-38-41(32(4,5)6,25-15-9-7-10-16-25)26-17-11-8-12-18-26/h7-20,24H,21-23H2,1-6H3,(H,34,36)/t24-,33-/m0/s1. The summed E-state index contributed by atoms with van der Waals surface area (Å²) >= 11 is 0. The summed E-state index contributed by atoms with van der Waals surface area (Å²) < 4.78 is 19.1. The highest BCUT2D eigenvalue weighted by Crippen LogP contribution is 2.46. The molecule has 0 radical (unpaired) electrons. The lowest BCUT2D eigenvalue weighted by molar-refractivity contribution is 0.00264. The molecule has 2 amide bonds. The first-order chi connectivity index (χ1) is 19.3. The molecule has 0 aromatic heterocycles. The van der Waals surface area contributed by atoms with E-state index in [1.54, 1.807) is 4.90 Å². The SMILES string of the molecule is CC(C)(C)OC(=O)N1C[C@]2(C[C@H]1CO[Si](c1ccccc1)(c1ccccc1)C(C)(C)C)OC(=O)Nc1ccccc12. The van der Waals surface area contributed by atoms with Crippen molar-refractivity contribution in [1.82, 2.24) is 4.90 Å². The molecule has 2 atom stereocenters. The van der Waals surface area contributed by atoms with E-state index in [2.05, 4.69) is 74.6 Å². The lowest BCUT2D eigenvalue weighted by atomic mass is 9.88. The van der Waals surface area contributed by atoms with E-state index in [1.807, 2.05) is 57.2 Å². The molecular weight excluding hydrogens is 532 g/mol. The smallest absolute Gasteiger partial charge is 0.412 e. The molecule has 3 aromatic rings. The van der Waals surface area contributed by atoms with Crippen LogP contribution in [0.15, 0.2) is 84.9 Å². The molecule has 8 heteroatoms. The van der Waals surface area contributed by atoms with Crippen LogP contribution < -0.4 is 15.7 Å². The fourth-order valence-corrected chi connectivity index (χ4v) is 10.8. The van der Waals surface area contributed by atoms with Crippen molar-refractivity contribution in [3.63, 3.8) is 0 Å². The maximum Gasteiger partial charge on any atom is 0.412 e. The number of hydrogen-bond donors (Lipinski definition) is 1. The van der Waals surface area contributed by atoms with Crippen molar-refractivity contribution < 1.29 is 23.5 Å². The second-order valence-electron chi connectivity index (χ2n) is 13.0. The average Bonchev–Trinajstić information content (AvgIpc) is 3.27. The Morgan fingerprint density at radius 2 is 1.49 bits per heavy atom. The molecule has 0 aliphatic carbocycles. The minimum atomic E-state index is -2.87. The van der Waals surface area contributed by atoms with Crippen molar-refractivity contribution in [2.24, 2.45) is 0 Å². The van der Waals surface area contributed by atoms with Crippen LogP contribution >= 0.6 is 0 Å². The topological polar surface area (TPSA) is 77.1 Å². The van der Waals surface area contributed by atoms with Gasteiger partial charge in [-0.2, -0.15) is 0 Å². The van der Waals surface area contributed by atoms with Gasteiger partial charge in [-0.3, -0.25) is 10.2 Å². The third-order valence-electron chi connectivity index (χ3n) is 7.91. The molecule has 1 saturated heterocycles. The third kappa shape index (κ3) is 5.50. The zero-order valence-corrected chi connectivity index (χ0v) is 25.8. The molecule has 3 aromatic carbocycles. The number of likely N-dealkylation sites (tertiary alicyclic amines) is 1. The van der Waals surface area contributed by atoms with Crippen LogP contribution in [-0.2, 0) is 19.5 Å². The van der Waals surface area contributed by atoms with Gasteiger partial charge in [0.15, 0.2) is 5.60 Å². The van der Waals surface area contributed by atoms with Crippen LogP contribution in [0.4, 0.5) is 15.3 Å². The van der Waals surface area contributed by atoms with E-state index in [1.165, 1.54) is 0 Å². The molecule has 216 valence electrons. The number of hydrogen-bond acceptors (Lipinski definition) is 5. The van der Waals surface area contributed by atoms with Gasteiger partial charge in [-0.05, 0) is 42.2 Å². The van der Waals surface area contributed by atoms with Crippen LogP contribution in [0, 0.1) is 0 Å². The van der Waals surface area contributed by atoms with Crippen molar-refractivity contribution in [3.05, 3.63) is 90.5 Å². The number of carbonyl (C=O) groups excluding carboxylic acids is 2. The first-order valence-electron chi connectivity index (χ1n) is 14.2. The Hall–Kier alpha value is -3.62. The van der Waals surface area contributed by atoms with Crippen LogP contribution in [-0.4, -0.2) is 50.2 Å². The van der Waals surface area contributed by atoms with Crippen molar-refractivity contribution in [1.29, 1.82) is 0 Å². The number of fused-ring (bicyclic) bond motifs is 2. The van der Waals surface area contributed by atoms with Gasteiger partial charge >= 0.3 is 12.2 Å². The van der Waals surface area contributed by atoms with Crippen molar-refractivity contribution in [2.45, 2.75) is 70.2 Å². The van der Waals surface area contributed by atoms with Crippen molar-refractivity contribution >= 4 is 36.6 Å². The molecule has 2 aliphatic rings. The van der Waals surface area contributed by atoms with Crippen LogP contribution in [0.2, 0.25) is 5.04 Å². The molecule has 1 N–H and O–H groups in total. The molecule has 7 nitrogen and oxygen atoms in total. The zero-order valence-electron chi connectivity index (χ0n) is 24.8. The summed E-state index contributed by atoms with van der Waals surface area (Å²) in [6.45, 7) is 12.7. The number of carbonyl (C=O) groups is 2. The zero-order chi connectivity index (χ0) is 29.5. The first-order valence-corrected chi connectivity index (χ1v) is 16.1. The number of amides is 2. The highest BCUT2D eigenvalue weighted by Gasteiger charge is 2.56. The van der Waals surface area contributed by atoms with Gasteiger partial charge in [-0.1, -0.05) is 99.6 Å². The van der Waals surface area contributed by atoms with Gasteiger partial charge in [0.05, 0.1) is 24.9 Å². The number of para-hydroxylation sites is 1. The van der Waals surface area contributed by atoms with Gasteiger partial charge in [0.25, 0.3) is 8.32 Å². The van der Waals surface area contributed by atoms with Crippen LogP contribution in [0.1, 0.15) is 53.5 Å². The lowest BCUT2D eigenvalue weighted by Crippen LogP contribution is -2.67. The Labute approximate surface area is 243 Å². The maximum atomic E-state index is 13.7. The molecule has 1 fully saturated rings. The Morgan fingerprint density at radius 1 is 0.927 bits per heavy atom.